The average Bonchev–Trinajstić information content (AvgIpc) is 3.48. The molecule has 1 atom stereocenters. The van der Waals surface area contributed by atoms with Crippen LogP contribution in [-0.2, 0) is 24.3 Å². The van der Waals surface area contributed by atoms with Crippen LogP contribution in [0, 0.1) is 0 Å². The van der Waals surface area contributed by atoms with Crippen LogP contribution in [0.3, 0.4) is 0 Å². The molecular weight excluding hydrogens is 570 g/mol. The first-order valence-corrected chi connectivity index (χ1v) is 14.8. The van der Waals surface area contributed by atoms with Crippen LogP contribution in [0.15, 0.2) is 84.9 Å². The van der Waals surface area contributed by atoms with Gasteiger partial charge in [0.15, 0.2) is 11.5 Å². The van der Waals surface area contributed by atoms with Crippen molar-refractivity contribution in [2.24, 2.45) is 0 Å². The zero-order valence-corrected chi connectivity index (χ0v) is 25.3. The van der Waals surface area contributed by atoms with E-state index in [0.717, 1.165) is 23.3 Å². The highest BCUT2D eigenvalue weighted by molar-refractivity contribution is 6.21. The number of nitrogens with zero attached hydrogens (tertiary/aromatic N) is 2. The molecule has 1 N–H and O–H groups in total. The molecule has 2 aliphatic heterocycles. The second kappa shape index (κ2) is 12.3. The minimum Gasteiger partial charge on any atom is -0.493 e. The highest BCUT2D eigenvalue weighted by Crippen LogP contribution is 2.37. The Morgan fingerprint density at radius 1 is 0.822 bits per heavy atom. The predicted octanol–water partition coefficient (Wildman–Crippen LogP) is 6.01. The largest absolute Gasteiger partial charge is 0.493 e. The van der Waals surface area contributed by atoms with Crippen molar-refractivity contribution in [2.75, 3.05) is 17.3 Å². The van der Waals surface area contributed by atoms with Crippen molar-refractivity contribution < 1.29 is 28.7 Å². The zero-order valence-electron chi connectivity index (χ0n) is 25.3. The third-order valence-electron chi connectivity index (χ3n) is 8.08. The number of imide groups is 1. The predicted molar refractivity (Wildman–Crippen MR) is 170 cm³/mol. The number of aryl methyl sites for hydroxylation is 1. The average molecular weight is 604 g/mol. The van der Waals surface area contributed by atoms with Crippen LogP contribution in [0.1, 0.15) is 68.0 Å². The second-order valence-corrected chi connectivity index (χ2v) is 11.3. The van der Waals surface area contributed by atoms with Gasteiger partial charge in [0.1, 0.15) is 0 Å². The molecule has 0 radical (unpaired) electrons. The summed E-state index contributed by atoms with van der Waals surface area (Å²) in [6.07, 6.45) is 1.62. The lowest BCUT2D eigenvalue weighted by Gasteiger charge is -2.21. The third-order valence-corrected chi connectivity index (χ3v) is 8.08. The summed E-state index contributed by atoms with van der Waals surface area (Å²) < 4.78 is 11.8. The summed E-state index contributed by atoms with van der Waals surface area (Å²) in [5, 5.41) is 2.64. The van der Waals surface area contributed by atoms with E-state index in [1.807, 2.05) is 49.4 Å². The summed E-state index contributed by atoms with van der Waals surface area (Å²) in [6, 6.07) is 25.8. The maximum atomic E-state index is 13.6. The molecule has 0 saturated heterocycles. The maximum absolute atomic E-state index is 13.6. The molecule has 4 aromatic carbocycles. The van der Waals surface area contributed by atoms with Gasteiger partial charge in [-0.3, -0.25) is 24.1 Å². The fraction of sp³-hybridized carbons (Fsp3) is 0.222. The molecule has 0 saturated carbocycles. The molecule has 9 nitrogen and oxygen atoms in total. The lowest BCUT2D eigenvalue weighted by Crippen LogP contribution is -2.29. The summed E-state index contributed by atoms with van der Waals surface area (Å²) in [5.74, 6) is -0.162. The molecule has 228 valence electrons. The molecule has 6 rings (SSSR count). The zero-order chi connectivity index (χ0) is 31.7. The fourth-order valence-electron chi connectivity index (χ4n) is 5.77. The summed E-state index contributed by atoms with van der Waals surface area (Å²) in [4.78, 5) is 54.1. The number of benzene rings is 4. The first-order chi connectivity index (χ1) is 21.7. The van der Waals surface area contributed by atoms with Gasteiger partial charge in [-0.15, -0.1) is 0 Å². The minimum absolute atomic E-state index is 0.0176. The summed E-state index contributed by atoms with van der Waals surface area (Å²) in [5.41, 5.74) is 4.91. The van der Waals surface area contributed by atoms with E-state index in [0.29, 0.717) is 40.5 Å². The van der Waals surface area contributed by atoms with E-state index < -0.39 is 11.8 Å². The first kappa shape index (κ1) is 29.6. The molecular formula is C36H33N3O6. The van der Waals surface area contributed by atoms with Crippen molar-refractivity contribution in [3.05, 3.63) is 118 Å². The van der Waals surface area contributed by atoms with Crippen LogP contribution >= 0.6 is 0 Å². The standard InChI is InChI=1S/C36H33N3O6/c1-22(9-10-24-7-5-4-6-8-24)45-33-19-28(14-16-32(33)44-3)38-21-26-12-11-25(17-30(26)35(38)42)20-39-34(41)29-15-13-27(37-23(2)40)18-31(29)36(39)43/h4-8,11-19,22H,9-10,20-21H2,1-3H3,(H,37,40). The molecule has 4 amide bonds. The van der Waals surface area contributed by atoms with Crippen LogP contribution in [0.4, 0.5) is 11.4 Å². The number of hydrogen-bond donors (Lipinski definition) is 1. The fourth-order valence-corrected chi connectivity index (χ4v) is 5.77. The Hall–Kier alpha value is -5.44. The molecule has 0 aliphatic carbocycles. The normalized spacial score (nSPS) is 14.3. The van der Waals surface area contributed by atoms with Gasteiger partial charge in [-0.2, -0.15) is 0 Å². The molecule has 0 fully saturated rings. The number of ether oxygens (including phenoxy) is 2. The summed E-state index contributed by atoms with van der Waals surface area (Å²) in [6.45, 7) is 3.79. The maximum Gasteiger partial charge on any atom is 0.261 e. The van der Waals surface area contributed by atoms with Gasteiger partial charge >= 0.3 is 0 Å². The number of anilines is 2. The van der Waals surface area contributed by atoms with E-state index in [4.69, 9.17) is 9.47 Å². The molecule has 2 heterocycles. The minimum atomic E-state index is -0.445. The Labute approximate surface area is 261 Å². The van der Waals surface area contributed by atoms with Crippen LogP contribution in [-0.4, -0.2) is 41.7 Å². The van der Waals surface area contributed by atoms with Crippen LogP contribution in [0.5, 0.6) is 11.5 Å². The van der Waals surface area contributed by atoms with Crippen molar-refractivity contribution in [1.29, 1.82) is 0 Å². The molecule has 9 heteroatoms. The summed E-state index contributed by atoms with van der Waals surface area (Å²) >= 11 is 0. The lowest BCUT2D eigenvalue weighted by atomic mass is 10.1. The monoisotopic (exact) mass is 603 g/mol. The second-order valence-electron chi connectivity index (χ2n) is 11.3. The van der Waals surface area contributed by atoms with Gasteiger partial charge in [-0.1, -0.05) is 42.5 Å². The van der Waals surface area contributed by atoms with Gasteiger partial charge in [0, 0.05) is 29.9 Å². The number of fused-ring (bicyclic) bond motifs is 2. The number of nitrogens with one attached hydrogen (secondary N) is 1. The first-order valence-electron chi connectivity index (χ1n) is 14.8. The Balaban J connectivity index is 1.16. The van der Waals surface area contributed by atoms with Crippen molar-refractivity contribution in [3.8, 4) is 11.5 Å². The van der Waals surface area contributed by atoms with Crippen molar-refractivity contribution >= 4 is 35.0 Å². The highest BCUT2D eigenvalue weighted by atomic mass is 16.5. The topological polar surface area (TPSA) is 105 Å². The van der Waals surface area contributed by atoms with Crippen molar-refractivity contribution in [2.45, 2.75) is 45.9 Å². The van der Waals surface area contributed by atoms with E-state index in [2.05, 4.69) is 17.4 Å². The summed E-state index contributed by atoms with van der Waals surface area (Å²) in [7, 11) is 1.59. The Morgan fingerprint density at radius 2 is 1.60 bits per heavy atom. The molecule has 2 aliphatic rings. The van der Waals surface area contributed by atoms with Crippen LogP contribution < -0.4 is 19.7 Å². The Bertz CT molecular complexity index is 1820. The Morgan fingerprint density at radius 3 is 2.36 bits per heavy atom. The van der Waals surface area contributed by atoms with Gasteiger partial charge in [0.25, 0.3) is 17.7 Å². The number of amides is 4. The molecule has 45 heavy (non-hydrogen) atoms. The van der Waals surface area contributed by atoms with Crippen molar-refractivity contribution in [3.63, 3.8) is 0 Å². The van der Waals surface area contributed by atoms with Gasteiger partial charge in [0.05, 0.1) is 37.4 Å². The van der Waals surface area contributed by atoms with E-state index in [9.17, 15) is 19.2 Å². The molecule has 0 spiro atoms. The van der Waals surface area contributed by atoms with Crippen LogP contribution in [0.25, 0.3) is 0 Å². The molecule has 4 aromatic rings. The molecule has 0 aromatic heterocycles. The molecule has 1 unspecified atom stereocenters. The number of carbonyl (C=O) groups excluding carboxylic acids is 4. The number of rotatable bonds is 10. The van der Waals surface area contributed by atoms with Crippen LogP contribution in [0.2, 0.25) is 0 Å². The van der Waals surface area contributed by atoms with E-state index in [1.165, 1.54) is 18.6 Å². The smallest absolute Gasteiger partial charge is 0.261 e. The van der Waals surface area contributed by atoms with Gasteiger partial charge in [-0.25, -0.2) is 0 Å². The van der Waals surface area contributed by atoms with Crippen molar-refractivity contribution in [1.82, 2.24) is 4.90 Å². The highest BCUT2D eigenvalue weighted by Gasteiger charge is 2.36. The van der Waals surface area contributed by atoms with E-state index in [-0.39, 0.29) is 35.6 Å². The number of hydrogen-bond acceptors (Lipinski definition) is 6. The van der Waals surface area contributed by atoms with Gasteiger partial charge in [0.2, 0.25) is 5.91 Å². The SMILES string of the molecule is COc1ccc(N2Cc3ccc(CN4C(=O)c5ccc(NC(C)=O)cc5C4=O)cc3C2=O)cc1OC(C)CCc1ccccc1. The van der Waals surface area contributed by atoms with E-state index in [1.54, 1.807) is 36.3 Å². The van der Waals surface area contributed by atoms with E-state index >= 15 is 0 Å². The van der Waals surface area contributed by atoms with Gasteiger partial charge < -0.3 is 19.7 Å². The number of methoxy groups -OCH3 is 1. The Kier molecular flexibility index (Phi) is 8.08. The quantitative estimate of drug-likeness (QED) is 0.223. The van der Waals surface area contributed by atoms with Gasteiger partial charge in [-0.05, 0) is 72.9 Å². The third kappa shape index (κ3) is 6.02. The lowest BCUT2D eigenvalue weighted by molar-refractivity contribution is -0.114. The molecule has 0 bridgehead atoms. The number of carbonyl (C=O) groups is 4.